The lowest BCUT2D eigenvalue weighted by molar-refractivity contribution is 0.400. The third-order valence-electron chi connectivity index (χ3n) is 5.93. The fourth-order valence-electron chi connectivity index (χ4n) is 4.54. The van der Waals surface area contributed by atoms with E-state index in [1.54, 1.807) is 20.5 Å². The van der Waals surface area contributed by atoms with Gasteiger partial charge in [0.15, 0.2) is 0 Å². The zero-order chi connectivity index (χ0) is 22.2. The van der Waals surface area contributed by atoms with Crippen molar-refractivity contribution in [1.82, 2.24) is 14.8 Å². The Morgan fingerprint density at radius 1 is 1.03 bits per heavy atom. The molecule has 0 radical (unpaired) electrons. The Balaban J connectivity index is 1.69. The van der Waals surface area contributed by atoms with Gasteiger partial charge >= 0.3 is 0 Å². The molecule has 1 atom stereocenters. The highest BCUT2D eigenvalue weighted by Gasteiger charge is 2.35. The van der Waals surface area contributed by atoms with E-state index in [0.29, 0.717) is 0 Å². The number of allylic oxidation sites excluding steroid dienone is 2. The van der Waals surface area contributed by atoms with Gasteiger partial charge in [-0.25, -0.2) is 4.68 Å². The molecule has 0 unspecified atom stereocenters. The van der Waals surface area contributed by atoms with Gasteiger partial charge in [-0.2, -0.15) is 10.1 Å². The SMILES string of the molecule is COc1ccc(Br)cc1/C=C1\CCCC2=C1Nc1ncnn1[C@H]2c1cc(Br)ccc1OC. The third-order valence-corrected chi connectivity index (χ3v) is 6.91. The van der Waals surface area contributed by atoms with E-state index in [2.05, 4.69) is 65.5 Å². The molecule has 8 heteroatoms. The first kappa shape index (κ1) is 21.3. The molecule has 32 heavy (non-hydrogen) atoms. The van der Waals surface area contributed by atoms with Crippen LogP contribution in [-0.4, -0.2) is 29.0 Å². The molecule has 2 aromatic carbocycles. The van der Waals surface area contributed by atoms with Gasteiger partial charge in [0.05, 0.1) is 14.2 Å². The highest BCUT2D eigenvalue weighted by atomic mass is 79.9. The quantitative estimate of drug-likeness (QED) is 0.404. The van der Waals surface area contributed by atoms with Crippen LogP contribution < -0.4 is 14.8 Å². The molecule has 1 aromatic heterocycles. The van der Waals surface area contributed by atoms with E-state index in [-0.39, 0.29) is 6.04 Å². The van der Waals surface area contributed by atoms with Crippen molar-refractivity contribution in [3.63, 3.8) is 0 Å². The molecule has 1 aliphatic carbocycles. The molecule has 0 saturated carbocycles. The van der Waals surface area contributed by atoms with Crippen molar-refractivity contribution in [2.75, 3.05) is 19.5 Å². The summed E-state index contributed by atoms with van der Waals surface area (Å²) in [5.41, 5.74) is 5.73. The van der Waals surface area contributed by atoms with E-state index in [4.69, 9.17) is 9.47 Å². The first-order valence-electron chi connectivity index (χ1n) is 10.4. The van der Waals surface area contributed by atoms with Gasteiger partial charge in [-0.05, 0) is 72.9 Å². The van der Waals surface area contributed by atoms with Crippen LogP contribution in [0.5, 0.6) is 11.5 Å². The molecule has 5 rings (SSSR count). The van der Waals surface area contributed by atoms with E-state index in [1.807, 2.05) is 28.9 Å². The Bertz CT molecular complexity index is 1250. The molecule has 6 nitrogen and oxygen atoms in total. The monoisotopic (exact) mass is 556 g/mol. The molecule has 0 spiro atoms. The summed E-state index contributed by atoms with van der Waals surface area (Å²) < 4.78 is 15.3. The predicted octanol–water partition coefficient (Wildman–Crippen LogP) is 6.36. The smallest absolute Gasteiger partial charge is 0.226 e. The van der Waals surface area contributed by atoms with E-state index in [1.165, 1.54) is 11.1 Å². The van der Waals surface area contributed by atoms with Gasteiger partial charge in [-0.1, -0.05) is 31.9 Å². The third kappa shape index (κ3) is 3.75. The number of benzene rings is 2. The summed E-state index contributed by atoms with van der Waals surface area (Å²) in [6.45, 7) is 0. The minimum atomic E-state index is -0.0932. The zero-order valence-electron chi connectivity index (χ0n) is 17.7. The fourth-order valence-corrected chi connectivity index (χ4v) is 5.29. The van der Waals surface area contributed by atoms with E-state index in [9.17, 15) is 0 Å². The summed E-state index contributed by atoms with van der Waals surface area (Å²) in [7, 11) is 3.41. The lowest BCUT2D eigenvalue weighted by atomic mass is 9.83. The van der Waals surface area contributed by atoms with Crippen molar-refractivity contribution in [1.29, 1.82) is 0 Å². The number of ether oxygens (including phenoxy) is 2. The Kier molecular flexibility index (Phi) is 5.82. The van der Waals surface area contributed by atoms with E-state index < -0.39 is 0 Å². The van der Waals surface area contributed by atoms with Crippen LogP contribution in [0.3, 0.4) is 0 Å². The molecule has 2 heterocycles. The molecular formula is C24H22Br2N4O2. The van der Waals surface area contributed by atoms with Crippen LogP contribution in [-0.2, 0) is 0 Å². The fraction of sp³-hybridized carbons (Fsp3) is 0.250. The van der Waals surface area contributed by atoms with Crippen molar-refractivity contribution >= 4 is 43.9 Å². The van der Waals surface area contributed by atoms with Gasteiger partial charge in [-0.15, -0.1) is 0 Å². The second-order valence-corrected chi connectivity index (χ2v) is 9.58. The van der Waals surface area contributed by atoms with Crippen LogP contribution in [0.2, 0.25) is 0 Å². The lowest BCUT2D eigenvalue weighted by Crippen LogP contribution is -2.28. The van der Waals surface area contributed by atoms with Gasteiger partial charge in [-0.3, -0.25) is 0 Å². The van der Waals surface area contributed by atoms with Crippen molar-refractivity contribution < 1.29 is 9.47 Å². The zero-order valence-corrected chi connectivity index (χ0v) is 20.9. The molecule has 1 N–H and O–H groups in total. The molecule has 0 saturated heterocycles. The van der Waals surface area contributed by atoms with Crippen LogP contribution >= 0.6 is 31.9 Å². The highest BCUT2D eigenvalue weighted by molar-refractivity contribution is 9.10. The summed E-state index contributed by atoms with van der Waals surface area (Å²) in [5.74, 6) is 2.40. The van der Waals surface area contributed by atoms with Crippen LogP contribution in [0.15, 0.2) is 68.5 Å². The summed E-state index contributed by atoms with van der Waals surface area (Å²) >= 11 is 7.21. The molecular weight excluding hydrogens is 536 g/mol. The second kappa shape index (κ2) is 8.75. The first-order chi connectivity index (χ1) is 15.6. The van der Waals surface area contributed by atoms with Gasteiger partial charge < -0.3 is 14.8 Å². The maximum atomic E-state index is 5.73. The Morgan fingerprint density at radius 2 is 1.78 bits per heavy atom. The van der Waals surface area contributed by atoms with Crippen LogP contribution in [0.25, 0.3) is 6.08 Å². The van der Waals surface area contributed by atoms with Gasteiger partial charge in [0.2, 0.25) is 5.95 Å². The van der Waals surface area contributed by atoms with Crippen molar-refractivity contribution in [2.45, 2.75) is 25.3 Å². The first-order valence-corrected chi connectivity index (χ1v) is 11.9. The van der Waals surface area contributed by atoms with Crippen molar-refractivity contribution in [3.8, 4) is 11.5 Å². The number of hydrogen-bond donors (Lipinski definition) is 1. The van der Waals surface area contributed by atoms with Crippen LogP contribution in [0, 0.1) is 0 Å². The summed E-state index contributed by atoms with van der Waals surface area (Å²) in [5, 5.41) is 8.10. The molecule has 1 aliphatic heterocycles. The summed E-state index contributed by atoms with van der Waals surface area (Å²) in [6, 6.07) is 12.1. The number of fused-ring (bicyclic) bond motifs is 1. The maximum Gasteiger partial charge on any atom is 0.226 e. The molecule has 3 aromatic rings. The summed E-state index contributed by atoms with van der Waals surface area (Å²) in [6.07, 6.45) is 6.80. The highest BCUT2D eigenvalue weighted by Crippen LogP contribution is 2.46. The lowest BCUT2D eigenvalue weighted by Gasteiger charge is -2.35. The standard InChI is InChI=1S/C24H22Br2N4O2/c1-31-20-8-6-16(25)11-15(20)10-14-4-3-5-18-22(14)29-24-27-13-28-30(24)23(18)19-12-17(26)7-9-21(19)32-2/h6-13,23H,3-5H2,1-2H3,(H,27,28,29)/b14-10+/t23-/m1/s1. The van der Waals surface area contributed by atoms with Gasteiger partial charge in [0.25, 0.3) is 0 Å². The number of nitrogens with one attached hydrogen (secondary N) is 1. The van der Waals surface area contributed by atoms with E-state index in [0.717, 1.165) is 62.5 Å². The van der Waals surface area contributed by atoms with Gasteiger partial charge in [0, 0.05) is 25.8 Å². The number of nitrogens with zero attached hydrogens (tertiary/aromatic N) is 3. The minimum absolute atomic E-state index is 0.0932. The number of aromatic nitrogens is 3. The summed E-state index contributed by atoms with van der Waals surface area (Å²) in [4.78, 5) is 4.49. The minimum Gasteiger partial charge on any atom is -0.496 e. The Hall–Kier alpha value is -2.58. The average Bonchev–Trinajstić information content (AvgIpc) is 3.26. The Morgan fingerprint density at radius 3 is 2.56 bits per heavy atom. The van der Waals surface area contributed by atoms with Gasteiger partial charge in [0.1, 0.15) is 23.9 Å². The average molecular weight is 558 g/mol. The van der Waals surface area contributed by atoms with E-state index >= 15 is 0 Å². The number of hydrogen-bond acceptors (Lipinski definition) is 5. The number of rotatable bonds is 4. The van der Waals surface area contributed by atoms with Crippen molar-refractivity contribution in [2.24, 2.45) is 0 Å². The molecule has 2 aliphatic rings. The largest absolute Gasteiger partial charge is 0.496 e. The molecule has 0 amide bonds. The number of methoxy groups -OCH3 is 2. The Labute approximate surface area is 203 Å². The molecule has 164 valence electrons. The maximum absolute atomic E-state index is 5.73. The normalized spacial score (nSPS) is 18.8. The molecule has 0 fully saturated rings. The number of halogens is 2. The number of anilines is 1. The van der Waals surface area contributed by atoms with Crippen molar-refractivity contribution in [3.05, 3.63) is 79.6 Å². The topological polar surface area (TPSA) is 61.2 Å². The predicted molar refractivity (Wildman–Crippen MR) is 132 cm³/mol. The molecule has 0 bridgehead atoms. The van der Waals surface area contributed by atoms with Crippen LogP contribution in [0.4, 0.5) is 5.95 Å². The van der Waals surface area contributed by atoms with Crippen LogP contribution in [0.1, 0.15) is 36.4 Å². The second-order valence-electron chi connectivity index (χ2n) is 7.75.